The van der Waals surface area contributed by atoms with Gasteiger partial charge < -0.3 is 11.6 Å². The summed E-state index contributed by atoms with van der Waals surface area (Å²) in [6, 6.07) is 0. The fourth-order valence-corrected chi connectivity index (χ4v) is 4.67. The first kappa shape index (κ1) is 38.7. The van der Waals surface area contributed by atoms with Crippen LogP contribution in [0, 0.1) is 11.8 Å². The molecule has 0 aromatic carbocycles. The Hall–Kier alpha value is -0.464. The SMILES string of the molecule is C=CC=CCCCCCCCC(CCCCCCC(CCCCCCCC=CC=C)C(=O)O)C(=O)O.[H-].[K+]. The minimum atomic E-state index is -0.663. The molecule has 4 nitrogen and oxygen atoms in total. The van der Waals surface area contributed by atoms with Crippen molar-refractivity contribution in [3.05, 3.63) is 49.6 Å². The molecule has 0 aliphatic rings. The van der Waals surface area contributed by atoms with Crippen LogP contribution in [0.25, 0.3) is 0 Å². The monoisotopic (exact) mass is 542 g/mol. The average molecular weight is 543 g/mol. The third kappa shape index (κ3) is 26.9. The van der Waals surface area contributed by atoms with Crippen LogP contribution >= 0.6 is 0 Å². The van der Waals surface area contributed by atoms with Crippen molar-refractivity contribution >= 4 is 11.9 Å². The summed E-state index contributed by atoms with van der Waals surface area (Å²) in [7, 11) is 0. The molecule has 0 bridgehead atoms. The van der Waals surface area contributed by atoms with Crippen molar-refractivity contribution in [1.82, 2.24) is 0 Å². The number of unbranched alkanes of at least 4 members (excludes halogenated alkanes) is 13. The van der Waals surface area contributed by atoms with Gasteiger partial charge in [-0.25, -0.2) is 0 Å². The Morgan fingerprint density at radius 3 is 1.08 bits per heavy atom. The summed E-state index contributed by atoms with van der Waals surface area (Å²) in [5.41, 5.74) is 0. The first-order valence-corrected chi connectivity index (χ1v) is 14.5. The zero-order valence-electron chi connectivity index (χ0n) is 24.9. The fraction of sp³-hybridized carbons (Fsp3) is 0.688. The van der Waals surface area contributed by atoms with E-state index in [0.717, 1.165) is 89.9 Å². The van der Waals surface area contributed by atoms with Gasteiger partial charge in [-0.2, -0.15) is 0 Å². The third-order valence-electron chi connectivity index (χ3n) is 6.94. The summed E-state index contributed by atoms with van der Waals surface area (Å²) in [5, 5.41) is 19.1. The van der Waals surface area contributed by atoms with Crippen LogP contribution < -0.4 is 51.4 Å². The van der Waals surface area contributed by atoms with Crippen LogP contribution in [-0.4, -0.2) is 22.2 Å². The van der Waals surface area contributed by atoms with Crippen molar-refractivity contribution in [3.63, 3.8) is 0 Å². The van der Waals surface area contributed by atoms with Gasteiger partial charge in [0.15, 0.2) is 0 Å². The van der Waals surface area contributed by atoms with Crippen LogP contribution in [0.5, 0.6) is 0 Å². The van der Waals surface area contributed by atoms with Crippen molar-refractivity contribution < 1.29 is 72.6 Å². The van der Waals surface area contributed by atoms with Crippen molar-refractivity contribution in [2.45, 2.75) is 128 Å². The molecular formula is C32H55KO4. The Morgan fingerprint density at radius 1 is 0.541 bits per heavy atom. The molecule has 0 aromatic heterocycles. The molecule has 5 heteroatoms. The second kappa shape index (κ2) is 30.1. The predicted molar refractivity (Wildman–Crippen MR) is 154 cm³/mol. The quantitative estimate of drug-likeness (QED) is 0.0681. The normalized spacial score (nSPS) is 12.9. The first-order valence-electron chi connectivity index (χ1n) is 14.5. The van der Waals surface area contributed by atoms with Crippen LogP contribution in [0.3, 0.4) is 0 Å². The van der Waals surface area contributed by atoms with Gasteiger partial charge in [-0.3, -0.25) is 9.59 Å². The van der Waals surface area contributed by atoms with E-state index < -0.39 is 11.9 Å². The maximum absolute atomic E-state index is 11.6. The molecule has 0 fully saturated rings. The van der Waals surface area contributed by atoms with Crippen LogP contribution in [0.15, 0.2) is 49.6 Å². The van der Waals surface area contributed by atoms with Gasteiger partial charge in [-0.1, -0.05) is 127 Å². The van der Waals surface area contributed by atoms with E-state index in [2.05, 4.69) is 25.3 Å². The number of carboxylic acid groups (broad SMARTS) is 2. The zero-order valence-corrected chi connectivity index (χ0v) is 27.0. The minimum Gasteiger partial charge on any atom is -1.00 e. The predicted octanol–water partition coefficient (Wildman–Crippen LogP) is 6.79. The summed E-state index contributed by atoms with van der Waals surface area (Å²) < 4.78 is 0. The molecule has 208 valence electrons. The van der Waals surface area contributed by atoms with Gasteiger partial charge in [0, 0.05) is 0 Å². The van der Waals surface area contributed by atoms with Gasteiger partial charge in [0.05, 0.1) is 11.8 Å². The number of aliphatic carboxylic acids is 2. The molecule has 2 N–H and O–H groups in total. The van der Waals surface area contributed by atoms with Gasteiger partial charge in [-0.15, -0.1) is 0 Å². The fourth-order valence-electron chi connectivity index (χ4n) is 4.67. The maximum atomic E-state index is 11.6. The average Bonchev–Trinajstić information content (AvgIpc) is 2.85. The Labute approximate surface area is 272 Å². The molecule has 0 spiro atoms. The largest absolute Gasteiger partial charge is 1.00 e. The molecular weight excluding hydrogens is 487 g/mol. The van der Waals surface area contributed by atoms with E-state index in [9.17, 15) is 19.8 Å². The molecule has 2 atom stereocenters. The van der Waals surface area contributed by atoms with Crippen molar-refractivity contribution in [2.24, 2.45) is 11.8 Å². The Balaban J connectivity index is -0.00000612. The standard InChI is InChI=1S/C32H54O4.K.H/c1-3-5-7-9-11-13-15-17-21-25-29(31(33)34)27-23-19-20-24-28-30(32(35)36)26-22-18-16-14-12-10-8-6-4-2;;/h3-8,29-30H,1-2,9-28H2,(H,33,34)(H,35,36);;/q;+1;-1. The number of hydrogen-bond donors (Lipinski definition) is 2. The summed E-state index contributed by atoms with van der Waals surface area (Å²) in [6.07, 6.45) is 32.2. The maximum Gasteiger partial charge on any atom is 1.00 e. The van der Waals surface area contributed by atoms with Crippen LogP contribution in [0.4, 0.5) is 0 Å². The van der Waals surface area contributed by atoms with E-state index in [-0.39, 0.29) is 64.6 Å². The van der Waals surface area contributed by atoms with Crippen LogP contribution in [0.1, 0.15) is 130 Å². The van der Waals surface area contributed by atoms with Crippen molar-refractivity contribution in [2.75, 3.05) is 0 Å². The molecule has 0 saturated heterocycles. The molecule has 0 amide bonds. The zero-order chi connectivity index (χ0) is 26.7. The second-order valence-electron chi connectivity index (χ2n) is 10.1. The summed E-state index contributed by atoms with van der Waals surface area (Å²) in [5.74, 6) is -1.79. The molecule has 2 unspecified atom stereocenters. The van der Waals surface area contributed by atoms with Gasteiger partial charge in [0.2, 0.25) is 0 Å². The molecule has 0 aliphatic carbocycles. The first-order chi connectivity index (χ1) is 17.5. The molecule has 37 heavy (non-hydrogen) atoms. The molecule has 0 aliphatic heterocycles. The smallest absolute Gasteiger partial charge is 1.00 e. The molecule has 0 radical (unpaired) electrons. The number of hydrogen-bond acceptors (Lipinski definition) is 2. The van der Waals surface area contributed by atoms with E-state index >= 15 is 0 Å². The van der Waals surface area contributed by atoms with Crippen LogP contribution in [0.2, 0.25) is 0 Å². The number of carboxylic acids is 2. The van der Waals surface area contributed by atoms with Crippen LogP contribution in [-0.2, 0) is 9.59 Å². The van der Waals surface area contributed by atoms with Crippen molar-refractivity contribution in [1.29, 1.82) is 0 Å². The Morgan fingerprint density at radius 2 is 0.811 bits per heavy atom. The second-order valence-corrected chi connectivity index (χ2v) is 10.1. The number of allylic oxidation sites excluding steroid dienone is 6. The van der Waals surface area contributed by atoms with Crippen molar-refractivity contribution in [3.8, 4) is 0 Å². The molecule has 0 aromatic rings. The van der Waals surface area contributed by atoms with Gasteiger partial charge in [-0.05, 0) is 51.4 Å². The minimum absolute atomic E-state index is 0. The van der Waals surface area contributed by atoms with E-state index in [1.165, 1.54) is 38.5 Å². The van der Waals surface area contributed by atoms with E-state index in [0.29, 0.717) is 0 Å². The van der Waals surface area contributed by atoms with Gasteiger partial charge in [0.1, 0.15) is 0 Å². The Kier molecular flexibility index (Phi) is 31.5. The molecule has 0 rings (SSSR count). The number of carbonyl (C=O) groups is 2. The summed E-state index contributed by atoms with van der Waals surface area (Å²) in [4.78, 5) is 23.2. The number of rotatable bonds is 27. The summed E-state index contributed by atoms with van der Waals surface area (Å²) >= 11 is 0. The third-order valence-corrected chi connectivity index (χ3v) is 6.94. The topological polar surface area (TPSA) is 74.6 Å². The van der Waals surface area contributed by atoms with E-state index in [4.69, 9.17) is 0 Å². The van der Waals surface area contributed by atoms with Gasteiger partial charge >= 0.3 is 63.3 Å². The van der Waals surface area contributed by atoms with E-state index in [1.54, 1.807) is 12.2 Å². The molecule has 0 heterocycles. The Bertz CT molecular complexity index is 579. The van der Waals surface area contributed by atoms with Gasteiger partial charge in [0.25, 0.3) is 0 Å². The van der Waals surface area contributed by atoms with E-state index in [1.807, 2.05) is 12.2 Å². The molecule has 0 saturated carbocycles. The summed E-state index contributed by atoms with van der Waals surface area (Å²) in [6.45, 7) is 7.33.